The number of fused-ring (bicyclic) bond motifs is 1. The van der Waals surface area contributed by atoms with Crippen molar-refractivity contribution in [3.05, 3.63) is 36.3 Å². The van der Waals surface area contributed by atoms with E-state index in [0.29, 0.717) is 0 Å². The molecule has 3 rings (SSSR count). The van der Waals surface area contributed by atoms with E-state index < -0.39 is 0 Å². The van der Waals surface area contributed by atoms with Gasteiger partial charge in [-0.05, 0) is 45.0 Å². The first-order valence-electron chi connectivity index (χ1n) is 6.57. The van der Waals surface area contributed by atoms with Gasteiger partial charge in [-0.2, -0.15) is 5.10 Å². The van der Waals surface area contributed by atoms with Gasteiger partial charge in [0.2, 0.25) is 0 Å². The van der Waals surface area contributed by atoms with Gasteiger partial charge in [0.25, 0.3) is 0 Å². The number of nitrogens with one attached hydrogen (secondary N) is 1. The molecule has 0 aliphatic heterocycles. The predicted octanol–water partition coefficient (Wildman–Crippen LogP) is 3.12. The number of aromatic nitrogens is 4. The van der Waals surface area contributed by atoms with Crippen LogP contribution < -0.4 is 4.74 Å². The molecule has 5 nitrogen and oxygen atoms in total. The Kier molecular flexibility index (Phi) is 3.10. The van der Waals surface area contributed by atoms with Crippen LogP contribution in [0.25, 0.3) is 22.3 Å². The summed E-state index contributed by atoms with van der Waals surface area (Å²) in [4.78, 5) is 8.40. The molecule has 2 aromatic heterocycles. The predicted molar refractivity (Wildman–Crippen MR) is 77.6 cm³/mol. The summed E-state index contributed by atoms with van der Waals surface area (Å²) in [5.41, 5.74) is 3.51. The zero-order chi connectivity index (χ0) is 14.1. The molecular formula is C15H16N4O. The smallest absolute Gasteiger partial charge is 0.120 e. The lowest BCUT2D eigenvalue weighted by Gasteiger charge is -2.09. The van der Waals surface area contributed by atoms with Crippen molar-refractivity contribution < 1.29 is 4.74 Å². The Balaban J connectivity index is 2.11. The minimum Gasteiger partial charge on any atom is -0.491 e. The summed E-state index contributed by atoms with van der Waals surface area (Å²) in [5, 5.41) is 8.38. The van der Waals surface area contributed by atoms with E-state index in [2.05, 4.69) is 20.2 Å². The third-order valence-electron chi connectivity index (χ3n) is 2.95. The van der Waals surface area contributed by atoms with E-state index in [4.69, 9.17) is 4.74 Å². The monoisotopic (exact) mass is 268 g/mol. The highest BCUT2D eigenvalue weighted by molar-refractivity contribution is 5.92. The number of hydrogen-bond acceptors (Lipinski definition) is 4. The van der Waals surface area contributed by atoms with Gasteiger partial charge in [-0.25, -0.2) is 9.97 Å². The molecule has 0 spiro atoms. The molecule has 2 heterocycles. The number of aromatic amines is 1. The average Bonchev–Trinajstić information content (AvgIpc) is 2.81. The Bertz CT molecular complexity index is 748. The molecule has 0 aliphatic carbocycles. The van der Waals surface area contributed by atoms with Gasteiger partial charge in [0.1, 0.15) is 17.8 Å². The van der Waals surface area contributed by atoms with Gasteiger partial charge in [-0.15, -0.1) is 0 Å². The molecule has 0 amide bonds. The molecule has 1 aromatic carbocycles. The van der Waals surface area contributed by atoms with Gasteiger partial charge in [-0.1, -0.05) is 0 Å². The summed E-state index contributed by atoms with van der Waals surface area (Å²) in [7, 11) is 0. The fourth-order valence-corrected chi connectivity index (χ4v) is 2.12. The second-order valence-corrected chi connectivity index (χ2v) is 4.99. The van der Waals surface area contributed by atoms with E-state index in [-0.39, 0.29) is 6.10 Å². The Morgan fingerprint density at radius 1 is 1.15 bits per heavy atom. The van der Waals surface area contributed by atoms with Crippen molar-refractivity contribution in [2.45, 2.75) is 26.9 Å². The number of hydrogen-bond donors (Lipinski definition) is 1. The second-order valence-electron chi connectivity index (χ2n) is 4.99. The second kappa shape index (κ2) is 4.92. The summed E-state index contributed by atoms with van der Waals surface area (Å²) < 4.78 is 5.73. The lowest BCUT2D eigenvalue weighted by atomic mass is 10.1. The van der Waals surface area contributed by atoms with Gasteiger partial charge in [0, 0.05) is 11.1 Å². The maximum Gasteiger partial charge on any atom is 0.120 e. The van der Waals surface area contributed by atoms with Gasteiger partial charge < -0.3 is 4.74 Å². The number of ether oxygens (including phenoxy) is 1. The lowest BCUT2D eigenvalue weighted by Crippen LogP contribution is -2.05. The van der Waals surface area contributed by atoms with E-state index in [1.54, 1.807) is 6.33 Å². The highest BCUT2D eigenvalue weighted by Crippen LogP contribution is 2.28. The number of nitrogens with zero attached hydrogens (tertiary/aromatic N) is 3. The number of benzene rings is 1. The van der Waals surface area contributed by atoms with Crippen molar-refractivity contribution in [2.75, 3.05) is 0 Å². The van der Waals surface area contributed by atoms with Crippen molar-refractivity contribution in [3.63, 3.8) is 0 Å². The molecule has 1 N–H and O–H groups in total. The van der Waals surface area contributed by atoms with Crippen LogP contribution in [0.1, 0.15) is 19.5 Å². The fourth-order valence-electron chi connectivity index (χ4n) is 2.12. The van der Waals surface area contributed by atoms with Gasteiger partial charge in [0.05, 0.1) is 17.3 Å². The molecule has 5 heteroatoms. The molecule has 102 valence electrons. The van der Waals surface area contributed by atoms with E-state index in [0.717, 1.165) is 33.7 Å². The Morgan fingerprint density at radius 3 is 2.75 bits per heavy atom. The number of rotatable bonds is 3. The van der Waals surface area contributed by atoms with Crippen LogP contribution in [0.2, 0.25) is 0 Å². The van der Waals surface area contributed by atoms with Crippen molar-refractivity contribution >= 4 is 10.9 Å². The van der Waals surface area contributed by atoms with E-state index >= 15 is 0 Å². The molecule has 0 fully saturated rings. The van der Waals surface area contributed by atoms with E-state index in [1.165, 1.54) is 0 Å². The third kappa shape index (κ3) is 2.34. The molecule has 0 saturated carbocycles. The Morgan fingerprint density at radius 2 is 2.00 bits per heavy atom. The Hall–Kier alpha value is -2.43. The number of aryl methyl sites for hydroxylation is 1. The van der Waals surface area contributed by atoms with Crippen LogP contribution in [0.3, 0.4) is 0 Å². The van der Waals surface area contributed by atoms with E-state index in [1.807, 2.05) is 45.0 Å². The van der Waals surface area contributed by atoms with Crippen molar-refractivity contribution in [2.24, 2.45) is 0 Å². The first-order chi connectivity index (χ1) is 9.63. The molecule has 0 aliphatic rings. The largest absolute Gasteiger partial charge is 0.491 e. The SMILES string of the molecule is Cc1cc(-c2n[nH]c3ccc(OC(C)C)cc23)ncn1. The standard InChI is InChI=1S/C15H16N4O/c1-9(2)20-11-4-5-13-12(7-11)15(19-18-13)14-6-10(3)16-8-17-14/h4-9H,1-3H3,(H,18,19). The summed E-state index contributed by atoms with van der Waals surface area (Å²) >= 11 is 0. The molecule has 0 saturated heterocycles. The van der Waals surface area contributed by atoms with Crippen molar-refractivity contribution in [3.8, 4) is 17.1 Å². The highest BCUT2D eigenvalue weighted by atomic mass is 16.5. The maximum atomic E-state index is 5.73. The molecule has 0 unspecified atom stereocenters. The van der Waals surface area contributed by atoms with Crippen LogP contribution >= 0.6 is 0 Å². The molecular weight excluding hydrogens is 252 g/mol. The van der Waals surface area contributed by atoms with Gasteiger partial charge in [0.15, 0.2) is 0 Å². The molecule has 0 atom stereocenters. The third-order valence-corrected chi connectivity index (χ3v) is 2.95. The summed E-state index contributed by atoms with van der Waals surface area (Å²) in [6.45, 7) is 5.95. The van der Waals surface area contributed by atoms with Crippen LogP contribution in [0.4, 0.5) is 0 Å². The quantitative estimate of drug-likeness (QED) is 0.792. The zero-order valence-corrected chi connectivity index (χ0v) is 11.7. The fraction of sp³-hybridized carbons (Fsp3) is 0.267. The highest BCUT2D eigenvalue weighted by Gasteiger charge is 2.11. The lowest BCUT2D eigenvalue weighted by molar-refractivity contribution is 0.243. The van der Waals surface area contributed by atoms with Crippen LogP contribution in [0, 0.1) is 6.92 Å². The normalized spacial score (nSPS) is 11.2. The molecule has 3 aromatic rings. The van der Waals surface area contributed by atoms with E-state index in [9.17, 15) is 0 Å². The minimum absolute atomic E-state index is 0.143. The van der Waals surface area contributed by atoms with Gasteiger partial charge >= 0.3 is 0 Å². The maximum absolute atomic E-state index is 5.73. The molecule has 20 heavy (non-hydrogen) atoms. The van der Waals surface area contributed by atoms with Crippen molar-refractivity contribution in [1.29, 1.82) is 0 Å². The average molecular weight is 268 g/mol. The first-order valence-corrected chi connectivity index (χ1v) is 6.57. The van der Waals surface area contributed by atoms with Crippen LogP contribution in [0.5, 0.6) is 5.75 Å². The van der Waals surface area contributed by atoms with Crippen molar-refractivity contribution in [1.82, 2.24) is 20.2 Å². The summed E-state index contributed by atoms with van der Waals surface area (Å²) in [6, 6.07) is 7.82. The summed E-state index contributed by atoms with van der Waals surface area (Å²) in [6.07, 6.45) is 1.70. The minimum atomic E-state index is 0.143. The van der Waals surface area contributed by atoms with Gasteiger partial charge in [-0.3, -0.25) is 5.10 Å². The molecule has 0 bridgehead atoms. The van der Waals surface area contributed by atoms with Crippen LogP contribution in [-0.4, -0.2) is 26.3 Å². The number of H-pyrrole nitrogens is 1. The van der Waals surface area contributed by atoms with Crippen LogP contribution in [-0.2, 0) is 0 Å². The van der Waals surface area contributed by atoms with Crippen LogP contribution in [0.15, 0.2) is 30.6 Å². The topological polar surface area (TPSA) is 63.7 Å². The molecule has 0 radical (unpaired) electrons. The first kappa shape index (κ1) is 12.6. The Labute approximate surface area is 117 Å². The summed E-state index contributed by atoms with van der Waals surface area (Å²) in [5.74, 6) is 0.834. The zero-order valence-electron chi connectivity index (χ0n) is 11.7.